The van der Waals surface area contributed by atoms with Gasteiger partial charge in [-0.3, -0.25) is 43.9 Å². The molecule has 0 bridgehead atoms. The van der Waals surface area contributed by atoms with Crippen molar-refractivity contribution in [1.82, 2.24) is 35.3 Å². The van der Waals surface area contributed by atoms with Crippen LogP contribution in [0.15, 0.2) is 54.9 Å². The fourth-order valence-electron chi connectivity index (χ4n) is 5.49. The van der Waals surface area contributed by atoms with E-state index in [9.17, 15) is 24.0 Å². The van der Waals surface area contributed by atoms with Crippen LogP contribution in [0, 0.1) is 0 Å². The van der Waals surface area contributed by atoms with Crippen LogP contribution in [0.1, 0.15) is 63.6 Å². The summed E-state index contributed by atoms with van der Waals surface area (Å²) in [4.78, 5) is 72.9. The predicted molar refractivity (Wildman–Crippen MR) is 148 cm³/mol. The molecule has 1 atom stereocenters. The lowest BCUT2D eigenvalue weighted by Crippen LogP contribution is -2.54. The number of amides is 5. The Labute approximate surface area is 239 Å². The molecule has 210 valence electrons. The Bertz CT molecular complexity index is 1830. The second-order valence-corrected chi connectivity index (χ2v) is 10.7. The fourth-order valence-corrected chi connectivity index (χ4v) is 5.49. The van der Waals surface area contributed by atoms with Crippen molar-refractivity contribution in [3.05, 3.63) is 77.2 Å². The number of piperidine rings is 1. The smallest absolute Gasteiger partial charge is 0.262 e. The van der Waals surface area contributed by atoms with Crippen molar-refractivity contribution < 1.29 is 24.0 Å². The normalized spacial score (nSPS) is 18.4. The lowest BCUT2D eigenvalue weighted by Gasteiger charge is -2.27. The van der Waals surface area contributed by atoms with Crippen LogP contribution in [0.3, 0.4) is 0 Å². The number of hydrogen-bond donors (Lipinski definition) is 2. The molecule has 1 saturated heterocycles. The van der Waals surface area contributed by atoms with Crippen molar-refractivity contribution in [2.75, 3.05) is 0 Å². The van der Waals surface area contributed by atoms with Gasteiger partial charge in [0.15, 0.2) is 0 Å². The van der Waals surface area contributed by atoms with Gasteiger partial charge in [-0.25, -0.2) is 4.98 Å². The first-order valence-corrected chi connectivity index (χ1v) is 13.8. The molecule has 0 spiro atoms. The van der Waals surface area contributed by atoms with Gasteiger partial charge < -0.3 is 5.32 Å². The van der Waals surface area contributed by atoms with Crippen molar-refractivity contribution in [3.8, 4) is 11.3 Å². The number of carbonyl (C=O) groups excluding carboxylic acids is 5. The first-order chi connectivity index (χ1) is 20.4. The van der Waals surface area contributed by atoms with Crippen LogP contribution in [0.2, 0.25) is 0 Å². The van der Waals surface area contributed by atoms with E-state index < -0.39 is 29.7 Å². The third-order valence-electron chi connectivity index (χ3n) is 7.78. The van der Waals surface area contributed by atoms with Gasteiger partial charge in [0.05, 0.1) is 39.7 Å². The molecule has 2 aromatic heterocycles. The molecule has 5 amide bonds. The maximum atomic E-state index is 13.1. The Kier molecular flexibility index (Phi) is 6.10. The molecule has 3 aliphatic rings. The average Bonchev–Trinajstić information content (AvgIpc) is 3.71. The van der Waals surface area contributed by atoms with Crippen molar-refractivity contribution in [1.29, 1.82) is 0 Å². The molecule has 2 fully saturated rings. The minimum atomic E-state index is -1.03. The fraction of sp³-hybridized carbons (Fsp3) is 0.267. The number of benzene rings is 2. The zero-order valence-electron chi connectivity index (χ0n) is 22.4. The van der Waals surface area contributed by atoms with Gasteiger partial charge in [-0.15, -0.1) is 0 Å². The first-order valence-electron chi connectivity index (χ1n) is 13.8. The Balaban J connectivity index is 1.04. The summed E-state index contributed by atoms with van der Waals surface area (Å²) in [6.07, 6.45) is 5.78. The highest BCUT2D eigenvalue weighted by molar-refractivity contribution is 6.23. The number of para-hydroxylation sites is 2. The van der Waals surface area contributed by atoms with Gasteiger partial charge in [0, 0.05) is 30.6 Å². The van der Waals surface area contributed by atoms with Crippen LogP contribution in [0.25, 0.3) is 22.3 Å². The molecule has 4 heterocycles. The van der Waals surface area contributed by atoms with E-state index in [2.05, 4.69) is 15.6 Å². The Morgan fingerprint density at radius 2 is 1.74 bits per heavy atom. The maximum Gasteiger partial charge on any atom is 0.262 e. The summed E-state index contributed by atoms with van der Waals surface area (Å²) in [5, 5.41) is 9.73. The van der Waals surface area contributed by atoms with Gasteiger partial charge in [0.1, 0.15) is 12.6 Å². The zero-order chi connectivity index (χ0) is 29.0. The number of imide groups is 2. The third-order valence-corrected chi connectivity index (χ3v) is 7.78. The quantitative estimate of drug-likeness (QED) is 0.324. The number of hydrogen-bond acceptors (Lipinski definition) is 8. The van der Waals surface area contributed by atoms with Gasteiger partial charge in [-0.05, 0) is 49.1 Å². The molecule has 0 radical (unpaired) electrons. The lowest BCUT2D eigenvalue weighted by molar-refractivity contribution is -0.136. The summed E-state index contributed by atoms with van der Waals surface area (Å²) in [6, 6.07) is 11.4. The van der Waals surface area contributed by atoms with E-state index >= 15 is 0 Å². The van der Waals surface area contributed by atoms with E-state index in [1.54, 1.807) is 23.0 Å². The van der Waals surface area contributed by atoms with E-state index in [1.807, 2.05) is 30.5 Å². The first kappa shape index (κ1) is 25.7. The Morgan fingerprint density at radius 1 is 0.952 bits per heavy atom. The number of nitrogens with zero attached hydrogens (tertiary/aromatic N) is 5. The van der Waals surface area contributed by atoms with E-state index in [0.29, 0.717) is 17.2 Å². The highest BCUT2D eigenvalue weighted by Gasteiger charge is 2.44. The third kappa shape index (κ3) is 4.60. The predicted octanol–water partition coefficient (Wildman–Crippen LogP) is 2.09. The summed E-state index contributed by atoms with van der Waals surface area (Å²) in [5.74, 6) is -2.19. The molecular formula is C30H25N7O5. The SMILES string of the molecule is O=C(Cn1cc(-c2cnc3ccccc3n2)c(C2CC2)n1)NCc1ccc2c(c1)C(=O)N(C1CCC(=O)NC1=O)C2=O. The standard InChI is InChI=1S/C30H25N7O5/c38-25-10-9-24(28(40)34-25)37-29(41)18-8-5-16(11-19(18)30(37)42)12-32-26(39)15-36-14-20(27(35-36)17-6-7-17)23-13-31-21-3-1-2-4-22(21)33-23/h1-5,8,11,13-14,17,24H,6-7,9-10,12,15H2,(H,32,39)(H,34,38,40). The Hall–Kier alpha value is -5.26. The maximum absolute atomic E-state index is 13.1. The molecule has 1 aliphatic carbocycles. The minimum absolute atomic E-state index is 0.00756. The number of carbonyl (C=O) groups is 5. The largest absolute Gasteiger partial charge is 0.350 e. The average molecular weight is 564 g/mol. The zero-order valence-corrected chi connectivity index (χ0v) is 22.4. The molecule has 7 rings (SSSR count). The van der Waals surface area contributed by atoms with Crippen LogP contribution in [0.5, 0.6) is 0 Å². The van der Waals surface area contributed by atoms with Crippen LogP contribution in [0.4, 0.5) is 0 Å². The van der Waals surface area contributed by atoms with E-state index in [4.69, 9.17) is 10.1 Å². The number of rotatable bonds is 7. The molecule has 2 N–H and O–H groups in total. The van der Waals surface area contributed by atoms with Gasteiger partial charge in [-0.1, -0.05) is 18.2 Å². The topological polar surface area (TPSA) is 156 Å². The van der Waals surface area contributed by atoms with E-state index in [1.165, 1.54) is 6.07 Å². The second-order valence-electron chi connectivity index (χ2n) is 10.7. The van der Waals surface area contributed by atoms with Crippen LogP contribution < -0.4 is 10.6 Å². The lowest BCUT2D eigenvalue weighted by atomic mass is 10.0. The van der Waals surface area contributed by atoms with Gasteiger partial charge >= 0.3 is 0 Å². The second kappa shape index (κ2) is 9.98. The van der Waals surface area contributed by atoms with Crippen LogP contribution >= 0.6 is 0 Å². The molecule has 2 aliphatic heterocycles. The van der Waals surface area contributed by atoms with Crippen molar-refractivity contribution in [2.45, 2.75) is 50.7 Å². The van der Waals surface area contributed by atoms with Crippen LogP contribution in [-0.2, 0) is 27.5 Å². The number of aromatic nitrogens is 4. The van der Waals surface area contributed by atoms with Crippen molar-refractivity contribution in [2.24, 2.45) is 0 Å². The van der Waals surface area contributed by atoms with E-state index in [-0.39, 0.29) is 43.0 Å². The minimum Gasteiger partial charge on any atom is -0.350 e. The van der Waals surface area contributed by atoms with E-state index in [0.717, 1.165) is 40.0 Å². The molecule has 4 aromatic rings. The molecule has 12 nitrogen and oxygen atoms in total. The number of nitrogens with one attached hydrogen (secondary N) is 2. The molecule has 2 aromatic carbocycles. The van der Waals surface area contributed by atoms with Crippen molar-refractivity contribution >= 4 is 40.6 Å². The molecular weight excluding hydrogens is 538 g/mol. The van der Waals surface area contributed by atoms with Crippen molar-refractivity contribution in [3.63, 3.8) is 0 Å². The van der Waals surface area contributed by atoms with Gasteiger partial charge in [0.2, 0.25) is 17.7 Å². The summed E-state index contributed by atoms with van der Waals surface area (Å²) in [7, 11) is 0. The Morgan fingerprint density at radius 3 is 2.52 bits per heavy atom. The summed E-state index contributed by atoms with van der Waals surface area (Å²) in [6.45, 7) is 0.123. The number of fused-ring (bicyclic) bond motifs is 2. The summed E-state index contributed by atoms with van der Waals surface area (Å²) < 4.78 is 1.61. The van der Waals surface area contributed by atoms with Crippen LogP contribution in [-0.4, -0.2) is 60.2 Å². The van der Waals surface area contributed by atoms with Gasteiger partial charge in [-0.2, -0.15) is 5.10 Å². The molecule has 42 heavy (non-hydrogen) atoms. The summed E-state index contributed by atoms with van der Waals surface area (Å²) in [5.41, 5.74) is 5.07. The molecule has 12 heteroatoms. The molecule has 1 unspecified atom stereocenters. The monoisotopic (exact) mass is 563 g/mol. The highest BCUT2D eigenvalue weighted by atomic mass is 16.2. The van der Waals surface area contributed by atoms with Gasteiger partial charge in [0.25, 0.3) is 11.8 Å². The highest BCUT2D eigenvalue weighted by Crippen LogP contribution is 2.43. The molecule has 1 saturated carbocycles. The summed E-state index contributed by atoms with van der Waals surface area (Å²) >= 11 is 0.